The number of hydrogen-bond acceptors (Lipinski definition) is 3. The van der Waals surface area contributed by atoms with Gasteiger partial charge in [-0.1, -0.05) is 59.1 Å². The number of hydrogen-bond donors (Lipinski definition) is 1. The van der Waals surface area contributed by atoms with Crippen LogP contribution >= 0.6 is 0 Å². The van der Waals surface area contributed by atoms with Crippen molar-refractivity contribution in [3.8, 4) is 5.75 Å². The molecular weight excluding hydrogens is 372 g/mol. The molecule has 168 valence electrons. The molecule has 0 aromatic heterocycles. The van der Waals surface area contributed by atoms with Crippen LogP contribution in [-0.2, 0) is 16.0 Å². The number of esters is 1. The zero-order valence-electron chi connectivity index (χ0n) is 19.5. The first-order valence-corrected chi connectivity index (χ1v) is 12.3. The van der Waals surface area contributed by atoms with Crippen molar-refractivity contribution >= 4 is 5.97 Å². The van der Waals surface area contributed by atoms with E-state index in [0.717, 1.165) is 29.7 Å². The SMILES string of the molecule is CC(C)CCC[C@@H](C)[C@H]1CC[C@H]2[C@@H](OC(=O)CCc3cccc(O)c3)CCC[C@]12C. The zero-order valence-corrected chi connectivity index (χ0v) is 19.5. The number of aromatic hydroxyl groups is 1. The van der Waals surface area contributed by atoms with Gasteiger partial charge < -0.3 is 9.84 Å². The van der Waals surface area contributed by atoms with Gasteiger partial charge in [-0.2, -0.15) is 0 Å². The Morgan fingerprint density at radius 1 is 1.20 bits per heavy atom. The van der Waals surface area contributed by atoms with Crippen LogP contribution in [0.25, 0.3) is 0 Å². The van der Waals surface area contributed by atoms with Gasteiger partial charge in [0.05, 0.1) is 0 Å². The van der Waals surface area contributed by atoms with E-state index in [1.807, 2.05) is 12.1 Å². The molecule has 0 unspecified atom stereocenters. The lowest BCUT2D eigenvalue weighted by Gasteiger charge is -2.46. The minimum absolute atomic E-state index is 0.0824. The van der Waals surface area contributed by atoms with Crippen LogP contribution in [0, 0.1) is 29.1 Å². The van der Waals surface area contributed by atoms with Gasteiger partial charge in [0, 0.05) is 12.3 Å². The van der Waals surface area contributed by atoms with Gasteiger partial charge in [0.2, 0.25) is 0 Å². The summed E-state index contributed by atoms with van der Waals surface area (Å²) in [5, 5.41) is 9.60. The first-order valence-electron chi connectivity index (χ1n) is 12.3. The molecule has 2 fully saturated rings. The van der Waals surface area contributed by atoms with Gasteiger partial charge in [-0.3, -0.25) is 4.79 Å². The number of phenolic OH excluding ortho intramolecular Hbond substituents is 1. The van der Waals surface area contributed by atoms with Crippen LogP contribution < -0.4 is 0 Å². The largest absolute Gasteiger partial charge is 0.508 e. The molecule has 2 saturated carbocycles. The number of aryl methyl sites for hydroxylation is 1. The van der Waals surface area contributed by atoms with E-state index in [1.165, 1.54) is 44.9 Å². The molecule has 0 spiro atoms. The summed E-state index contributed by atoms with van der Waals surface area (Å²) in [6.07, 6.45) is 11.1. The second-order valence-electron chi connectivity index (χ2n) is 10.7. The second-order valence-corrected chi connectivity index (χ2v) is 10.7. The summed E-state index contributed by atoms with van der Waals surface area (Å²) < 4.78 is 6.06. The van der Waals surface area contributed by atoms with E-state index < -0.39 is 0 Å². The lowest BCUT2D eigenvalue weighted by Crippen LogP contribution is -2.43. The van der Waals surface area contributed by atoms with Crippen molar-refractivity contribution in [3.63, 3.8) is 0 Å². The molecule has 0 bridgehead atoms. The highest BCUT2D eigenvalue weighted by atomic mass is 16.5. The average molecular weight is 415 g/mol. The first kappa shape index (κ1) is 23.2. The Morgan fingerprint density at radius 2 is 2.00 bits per heavy atom. The van der Waals surface area contributed by atoms with Crippen molar-refractivity contribution in [2.75, 3.05) is 0 Å². The second kappa shape index (κ2) is 10.2. The van der Waals surface area contributed by atoms with Crippen LogP contribution in [0.15, 0.2) is 24.3 Å². The topological polar surface area (TPSA) is 46.5 Å². The van der Waals surface area contributed by atoms with Gasteiger partial charge in [-0.05, 0) is 79.4 Å². The summed E-state index contributed by atoms with van der Waals surface area (Å²) in [6, 6.07) is 7.16. The molecule has 0 aliphatic heterocycles. The third kappa shape index (κ3) is 5.59. The summed E-state index contributed by atoms with van der Waals surface area (Å²) in [6.45, 7) is 9.58. The van der Waals surface area contributed by atoms with Crippen molar-refractivity contribution in [2.24, 2.45) is 29.1 Å². The minimum atomic E-state index is -0.0824. The molecule has 3 rings (SSSR count). The fourth-order valence-electron chi connectivity index (χ4n) is 6.47. The fraction of sp³-hybridized carbons (Fsp3) is 0.741. The number of carbonyl (C=O) groups excluding carboxylic acids is 1. The Kier molecular flexibility index (Phi) is 7.87. The Balaban J connectivity index is 1.54. The van der Waals surface area contributed by atoms with Crippen LogP contribution in [0.4, 0.5) is 0 Å². The third-order valence-corrected chi connectivity index (χ3v) is 8.07. The van der Waals surface area contributed by atoms with E-state index in [4.69, 9.17) is 4.74 Å². The van der Waals surface area contributed by atoms with E-state index in [-0.39, 0.29) is 17.8 Å². The molecule has 30 heavy (non-hydrogen) atoms. The van der Waals surface area contributed by atoms with Crippen LogP contribution in [0.1, 0.15) is 91.0 Å². The van der Waals surface area contributed by atoms with Gasteiger partial charge in [0.25, 0.3) is 0 Å². The fourth-order valence-corrected chi connectivity index (χ4v) is 6.47. The van der Waals surface area contributed by atoms with Crippen molar-refractivity contribution < 1.29 is 14.6 Å². The monoisotopic (exact) mass is 414 g/mol. The summed E-state index contributed by atoms with van der Waals surface area (Å²) in [5.41, 5.74) is 1.31. The van der Waals surface area contributed by atoms with Crippen LogP contribution in [-0.4, -0.2) is 17.2 Å². The summed E-state index contributed by atoms with van der Waals surface area (Å²) in [7, 11) is 0. The van der Waals surface area contributed by atoms with Gasteiger partial charge in [-0.15, -0.1) is 0 Å². The standard InChI is InChI=1S/C27H42O3/c1-19(2)8-5-9-20(3)23-14-15-24-25(12-7-17-27(23,24)4)30-26(29)16-13-21-10-6-11-22(28)18-21/h6,10-11,18-20,23-25,28H,5,7-9,12-17H2,1-4H3/t20-,23-,24+,25+,27-/m1/s1. The predicted octanol–water partition coefficient (Wildman–Crippen LogP) is 6.92. The van der Waals surface area contributed by atoms with Gasteiger partial charge in [-0.25, -0.2) is 0 Å². The van der Waals surface area contributed by atoms with E-state index >= 15 is 0 Å². The molecule has 3 heteroatoms. The third-order valence-electron chi connectivity index (χ3n) is 8.07. The Labute approximate surface area is 183 Å². The van der Waals surface area contributed by atoms with Crippen molar-refractivity contribution in [2.45, 2.75) is 98.0 Å². The molecule has 3 nitrogen and oxygen atoms in total. The van der Waals surface area contributed by atoms with Gasteiger partial charge >= 0.3 is 5.97 Å². The maximum atomic E-state index is 12.6. The summed E-state index contributed by atoms with van der Waals surface area (Å²) in [5.74, 6) is 3.02. The molecule has 2 aliphatic carbocycles. The molecule has 0 heterocycles. The smallest absolute Gasteiger partial charge is 0.306 e. The van der Waals surface area contributed by atoms with Gasteiger partial charge in [0.15, 0.2) is 0 Å². The molecule has 1 aromatic rings. The normalized spacial score (nSPS) is 29.6. The van der Waals surface area contributed by atoms with Crippen LogP contribution in [0.3, 0.4) is 0 Å². The Hall–Kier alpha value is -1.51. The van der Waals surface area contributed by atoms with Crippen LogP contribution in [0.5, 0.6) is 5.75 Å². The molecule has 2 aliphatic rings. The molecule has 0 radical (unpaired) electrons. The molecule has 1 aromatic carbocycles. The Morgan fingerprint density at radius 3 is 2.73 bits per heavy atom. The van der Waals surface area contributed by atoms with E-state index in [9.17, 15) is 9.90 Å². The highest BCUT2D eigenvalue weighted by Crippen LogP contribution is 2.58. The number of rotatable bonds is 9. The number of phenols is 1. The molecule has 5 atom stereocenters. The highest BCUT2D eigenvalue weighted by Gasteiger charge is 2.53. The number of carbonyl (C=O) groups is 1. The lowest BCUT2D eigenvalue weighted by molar-refractivity contribution is -0.158. The van der Waals surface area contributed by atoms with Crippen LogP contribution in [0.2, 0.25) is 0 Å². The highest BCUT2D eigenvalue weighted by molar-refractivity contribution is 5.70. The Bertz CT molecular complexity index is 697. The molecule has 0 amide bonds. The van der Waals surface area contributed by atoms with Gasteiger partial charge in [0.1, 0.15) is 11.9 Å². The van der Waals surface area contributed by atoms with E-state index in [2.05, 4.69) is 27.7 Å². The number of benzene rings is 1. The average Bonchev–Trinajstić information content (AvgIpc) is 3.04. The molecule has 1 N–H and O–H groups in total. The maximum absolute atomic E-state index is 12.6. The number of ether oxygens (including phenoxy) is 1. The molecular formula is C27H42O3. The minimum Gasteiger partial charge on any atom is -0.508 e. The van der Waals surface area contributed by atoms with Crippen molar-refractivity contribution in [1.82, 2.24) is 0 Å². The molecule has 0 saturated heterocycles. The number of fused-ring (bicyclic) bond motifs is 1. The predicted molar refractivity (Wildman–Crippen MR) is 122 cm³/mol. The quantitative estimate of drug-likeness (QED) is 0.446. The van der Waals surface area contributed by atoms with Crippen molar-refractivity contribution in [3.05, 3.63) is 29.8 Å². The zero-order chi connectivity index (χ0) is 21.7. The first-order chi connectivity index (χ1) is 14.3. The maximum Gasteiger partial charge on any atom is 0.306 e. The van der Waals surface area contributed by atoms with E-state index in [0.29, 0.717) is 24.2 Å². The lowest BCUT2D eigenvalue weighted by atomic mass is 9.61. The van der Waals surface area contributed by atoms with Crippen molar-refractivity contribution in [1.29, 1.82) is 0 Å². The summed E-state index contributed by atoms with van der Waals surface area (Å²) >= 11 is 0. The van der Waals surface area contributed by atoms with E-state index in [1.54, 1.807) is 12.1 Å². The summed E-state index contributed by atoms with van der Waals surface area (Å²) in [4.78, 5) is 12.6.